The molecule has 0 fully saturated rings. The lowest BCUT2D eigenvalue weighted by Gasteiger charge is -2.30. The highest BCUT2D eigenvalue weighted by Gasteiger charge is 2.31. The second-order valence-corrected chi connectivity index (χ2v) is 13.2. The Labute approximate surface area is 132 Å². The lowest BCUT2D eigenvalue weighted by atomic mass is 9.74. The zero-order chi connectivity index (χ0) is 16.0. The van der Waals surface area contributed by atoms with Gasteiger partial charge in [-0.3, -0.25) is 0 Å². The Kier molecular flexibility index (Phi) is 4.09. The van der Waals surface area contributed by atoms with Gasteiger partial charge in [0.15, 0.2) is 0 Å². The predicted molar refractivity (Wildman–Crippen MR) is 97.8 cm³/mol. The minimum Gasteiger partial charge on any atom is -0.0812 e. The molecule has 114 valence electrons. The van der Waals surface area contributed by atoms with Gasteiger partial charge in [-0.05, 0) is 49.4 Å². The second-order valence-electron chi connectivity index (χ2n) is 8.16. The zero-order valence-corrected chi connectivity index (χ0v) is 16.0. The molecule has 1 aliphatic rings. The van der Waals surface area contributed by atoms with E-state index in [2.05, 4.69) is 78.5 Å². The number of allylic oxidation sites excluding steroid dienone is 4. The highest BCUT2D eigenvalue weighted by Crippen LogP contribution is 2.40. The highest BCUT2D eigenvalue weighted by atomic mass is 28.3. The van der Waals surface area contributed by atoms with Gasteiger partial charge in [0.1, 0.15) is 0 Å². The predicted octanol–water partition coefficient (Wildman–Crippen LogP) is 6.02. The first-order chi connectivity index (χ1) is 9.53. The van der Waals surface area contributed by atoms with E-state index < -0.39 is 8.07 Å². The van der Waals surface area contributed by atoms with E-state index in [0.29, 0.717) is 0 Å². The van der Waals surface area contributed by atoms with Gasteiger partial charge < -0.3 is 0 Å². The molecule has 1 aromatic carbocycles. The summed E-state index contributed by atoms with van der Waals surface area (Å²) >= 11 is 0. The van der Waals surface area contributed by atoms with Crippen LogP contribution in [0.1, 0.15) is 42.5 Å². The molecule has 0 nitrogen and oxygen atoms in total. The van der Waals surface area contributed by atoms with Crippen LogP contribution in [0, 0.1) is 20.8 Å². The molecule has 0 aliphatic heterocycles. The molecule has 0 atom stereocenters. The van der Waals surface area contributed by atoms with E-state index in [1.54, 1.807) is 10.8 Å². The maximum atomic E-state index is 2.50. The van der Waals surface area contributed by atoms with Gasteiger partial charge in [-0.1, -0.05) is 68.5 Å². The molecule has 21 heavy (non-hydrogen) atoms. The minimum atomic E-state index is -1.19. The van der Waals surface area contributed by atoms with Crippen LogP contribution < -0.4 is 0 Å². The number of benzene rings is 1. The molecule has 0 radical (unpaired) electrons. The Balaban J connectivity index is 2.43. The smallest absolute Gasteiger partial charge is 0.0771 e. The largest absolute Gasteiger partial charge is 0.0812 e. The van der Waals surface area contributed by atoms with Crippen molar-refractivity contribution in [2.24, 2.45) is 0 Å². The van der Waals surface area contributed by atoms with E-state index in [1.165, 1.54) is 22.3 Å². The number of aryl methyl sites for hydroxylation is 3. The first-order valence-electron chi connectivity index (χ1n) is 8.03. The van der Waals surface area contributed by atoms with Crippen LogP contribution in [0.25, 0.3) is 0 Å². The van der Waals surface area contributed by atoms with Gasteiger partial charge in [0, 0.05) is 5.41 Å². The lowest BCUT2D eigenvalue weighted by Crippen LogP contribution is -2.23. The second kappa shape index (κ2) is 5.28. The van der Waals surface area contributed by atoms with Crippen LogP contribution in [0.5, 0.6) is 0 Å². The van der Waals surface area contributed by atoms with Gasteiger partial charge in [0.2, 0.25) is 0 Å². The summed E-state index contributed by atoms with van der Waals surface area (Å²) in [6, 6.07) is 4.74. The van der Waals surface area contributed by atoms with Crippen LogP contribution in [0.2, 0.25) is 19.6 Å². The highest BCUT2D eigenvalue weighted by molar-refractivity contribution is 6.83. The molecule has 0 spiro atoms. The molecule has 0 heterocycles. The van der Waals surface area contributed by atoms with Gasteiger partial charge in [0.25, 0.3) is 0 Å². The Morgan fingerprint density at radius 1 is 0.905 bits per heavy atom. The van der Waals surface area contributed by atoms with Crippen LogP contribution in [0.3, 0.4) is 0 Å². The molecule has 1 heteroatoms. The summed E-state index contributed by atoms with van der Waals surface area (Å²) in [7, 11) is -1.19. The van der Waals surface area contributed by atoms with Crippen molar-refractivity contribution in [3.8, 4) is 0 Å². The molecule has 1 aliphatic carbocycles. The summed E-state index contributed by atoms with van der Waals surface area (Å²) in [5.74, 6) is 0. The van der Waals surface area contributed by atoms with Gasteiger partial charge >= 0.3 is 0 Å². The maximum Gasteiger partial charge on any atom is 0.0771 e. The van der Waals surface area contributed by atoms with Crippen molar-refractivity contribution in [1.29, 1.82) is 0 Å². The molecular formula is C20H30Si. The third-order valence-electron chi connectivity index (χ3n) is 5.05. The van der Waals surface area contributed by atoms with Crippen LogP contribution in [0.4, 0.5) is 0 Å². The normalized spacial score (nSPS) is 16.0. The summed E-state index contributed by atoms with van der Waals surface area (Å²) in [4.78, 5) is 0. The third-order valence-corrected chi connectivity index (χ3v) is 7.13. The van der Waals surface area contributed by atoms with Gasteiger partial charge in [0.05, 0.1) is 8.07 Å². The van der Waals surface area contributed by atoms with Crippen molar-refractivity contribution in [1.82, 2.24) is 0 Å². The monoisotopic (exact) mass is 298 g/mol. The van der Waals surface area contributed by atoms with E-state index in [1.807, 2.05) is 0 Å². The van der Waals surface area contributed by atoms with E-state index in [-0.39, 0.29) is 5.41 Å². The molecule has 0 N–H and O–H groups in total. The fourth-order valence-electron chi connectivity index (χ4n) is 3.29. The first kappa shape index (κ1) is 16.3. The fourth-order valence-corrected chi connectivity index (χ4v) is 4.61. The minimum absolute atomic E-state index is 0.125. The molecular weight excluding hydrogens is 268 g/mol. The summed E-state index contributed by atoms with van der Waals surface area (Å²) in [6.45, 7) is 18.8. The molecule has 0 saturated heterocycles. The third kappa shape index (κ3) is 3.08. The summed E-state index contributed by atoms with van der Waals surface area (Å²) in [5.41, 5.74) is 7.41. The van der Waals surface area contributed by atoms with Crippen molar-refractivity contribution in [3.63, 3.8) is 0 Å². The first-order valence-corrected chi connectivity index (χ1v) is 11.5. The average Bonchev–Trinajstić information content (AvgIpc) is 2.83. The van der Waals surface area contributed by atoms with Crippen LogP contribution in [-0.2, 0) is 5.41 Å². The zero-order valence-electron chi connectivity index (χ0n) is 15.0. The number of hydrogen-bond donors (Lipinski definition) is 0. The Morgan fingerprint density at radius 3 is 2.00 bits per heavy atom. The van der Waals surface area contributed by atoms with Crippen LogP contribution in [-0.4, -0.2) is 8.07 Å². The van der Waals surface area contributed by atoms with Crippen LogP contribution in [0.15, 0.2) is 35.1 Å². The molecule has 2 rings (SSSR count). The van der Waals surface area contributed by atoms with Crippen LogP contribution >= 0.6 is 0 Å². The van der Waals surface area contributed by atoms with E-state index in [4.69, 9.17) is 0 Å². The number of hydrogen-bond acceptors (Lipinski definition) is 0. The topological polar surface area (TPSA) is 0 Å². The molecule has 0 amide bonds. The van der Waals surface area contributed by atoms with Crippen molar-refractivity contribution in [2.45, 2.75) is 66.1 Å². The van der Waals surface area contributed by atoms with Crippen molar-refractivity contribution in [2.75, 3.05) is 0 Å². The molecule has 0 aromatic heterocycles. The maximum absolute atomic E-state index is 2.50. The average molecular weight is 299 g/mol. The Morgan fingerprint density at radius 2 is 1.48 bits per heavy atom. The van der Waals surface area contributed by atoms with Gasteiger partial charge in [-0.2, -0.15) is 0 Å². The lowest BCUT2D eigenvalue weighted by molar-refractivity contribution is 0.608. The summed E-state index contributed by atoms with van der Waals surface area (Å²) in [5, 5.41) is 1.62. The standard InChI is InChI=1S/C20H30Si/c1-14-11-16(3)19(12-15(14)2)20(4,5)17-9-10-18(13-17)21(6,7)8/h10-13H,9H2,1-8H3. The SMILES string of the molecule is Cc1cc(C)c(C(C)(C)C2=CC([Si](C)(C)C)=CC2)cc1C. The van der Waals surface area contributed by atoms with E-state index in [0.717, 1.165) is 6.42 Å². The van der Waals surface area contributed by atoms with E-state index >= 15 is 0 Å². The fraction of sp³-hybridized carbons (Fsp3) is 0.500. The summed E-state index contributed by atoms with van der Waals surface area (Å²) < 4.78 is 0. The molecule has 0 unspecified atom stereocenters. The van der Waals surface area contributed by atoms with Crippen molar-refractivity contribution < 1.29 is 0 Å². The molecule has 0 saturated carbocycles. The molecule has 1 aromatic rings. The molecule has 0 bridgehead atoms. The Bertz CT molecular complexity index is 622. The Hall–Kier alpha value is -1.08. The van der Waals surface area contributed by atoms with Crippen molar-refractivity contribution in [3.05, 3.63) is 57.3 Å². The number of rotatable bonds is 3. The summed E-state index contributed by atoms with van der Waals surface area (Å²) in [6.07, 6.45) is 6.10. The van der Waals surface area contributed by atoms with Gasteiger partial charge in [-0.25, -0.2) is 0 Å². The van der Waals surface area contributed by atoms with Gasteiger partial charge in [-0.15, -0.1) is 0 Å². The quantitative estimate of drug-likeness (QED) is 0.598. The van der Waals surface area contributed by atoms with Crippen molar-refractivity contribution >= 4 is 8.07 Å². The van der Waals surface area contributed by atoms with E-state index in [9.17, 15) is 0 Å².